The lowest BCUT2D eigenvalue weighted by atomic mass is 9.88. The fourth-order valence-electron chi connectivity index (χ4n) is 5.79. The molecule has 0 bridgehead atoms. The monoisotopic (exact) mass is 509 g/mol. The lowest BCUT2D eigenvalue weighted by Crippen LogP contribution is -2.35. The van der Waals surface area contributed by atoms with Crippen molar-refractivity contribution in [2.45, 2.75) is 63.5 Å². The van der Waals surface area contributed by atoms with Crippen LogP contribution in [0.15, 0.2) is 30.3 Å². The van der Waals surface area contributed by atoms with Crippen molar-refractivity contribution < 1.29 is 28.6 Å². The summed E-state index contributed by atoms with van der Waals surface area (Å²) in [6, 6.07) is 8.29. The molecule has 2 aliphatic rings. The van der Waals surface area contributed by atoms with Gasteiger partial charge in [-0.3, -0.25) is 4.79 Å². The minimum Gasteiger partial charge on any atom is -0.494 e. The van der Waals surface area contributed by atoms with E-state index in [0.717, 1.165) is 53.7 Å². The average molecular weight is 510 g/mol. The largest absolute Gasteiger partial charge is 0.494 e. The normalized spacial score (nSPS) is 16.9. The Labute approximate surface area is 215 Å². The zero-order valence-corrected chi connectivity index (χ0v) is 21.2. The number of amides is 1. The van der Waals surface area contributed by atoms with Crippen molar-refractivity contribution in [3.8, 4) is 5.75 Å². The van der Waals surface area contributed by atoms with Gasteiger partial charge in [-0.1, -0.05) is 31.4 Å². The van der Waals surface area contributed by atoms with Gasteiger partial charge in [0.2, 0.25) is 0 Å². The lowest BCUT2D eigenvalue weighted by Gasteiger charge is -2.27. The summed E-state index contributed by atoms with van der Waals surface area (Å²) in [5, 5.41) is 10.2. The molecule has 1 aliphatic heterocycles. The molecule has 196 valence electrons. The maximum absolute atomic E-state index is 14.1. The van der Waals surface area contributed by atoms with Crippen LogP contribution in [0.3, 0.4) is 0 Å². The van der Waals surface area contributed by atoms with E-state index in [9.17, 15) is 19.1 Å². The van der Waals surface area contributed by atoms with E-state index in [2.05, 4.69) is 6.07 Å². The van der Waals surface area contributed by atoms with Crippen molar-refractivity contribution in [1.29, 1.82) is 0 Å². The first kappa shape index (κ1) is 25.0. The molecule has 5 rings (SSSR count). The summed E-state index contributed by atoms with van der Waals surface area (Å²) in [5.74, 6) is -1.32. The second-order valence-electron chi connectivity index (χ2n) is 9.91. The molecule has 0 saturated heterocycles. The van der Waals surface area contributed by atoms with Crippen molar-refractivity contribution in [3.63, 3.8) is 0 Å². The Morgan fingerprint density at radius 3 is 2.65 bits per heavy atom. The number of imidazole rings is 1. The van der Waals surface area contributed by atoms with Crippen LogP contribution in [0.4, 0.5) is 9.18 Å². The number of carboxylic acids is 1. The third kappa shape index (κ3) is 4.74. The highest BCUT2D eigenvalue weighted by Crippen LogP contribution is 2.37. The van der Waals surface area contributed by atoms with Crippen LogP contribution in [0.1, 0.15) is 66.5 Å². The number of aliphatic carboxylic acids is 1. The van der Waals surface area contributed by atoms with Crippen LogP contribution in [0.2, 0.25) is 0 Å². The van der Waals surface area contributed by atoms with Crippen molar-refractivity contribution in [2.24, 2.45) is 0 Å². The van der Waals surface area contributed by atoms with Gasteiger partial charge in [-0.25, -0.2) is 14.2 Å². The highest BCUT2D eigenvalue weighted by molar-refractivity contribution is 5.83. The summed E-state index contributed by atoms with van der Waals surface area (Å²) in [6.07, 6.45) is 5.75. The number of nitrogens with zero attached hydrogens (tertiary/aromatic N) is 3. The summed E-state index contributed by atoms with van der Waals surface area (Å²) in [5.41, 5.74) is 4.27. The molecule has 2 aromatic carbocycles. The predicted molar refractivity (Wildman–Crippen MR) is 135 cm³/mol. The van der Waals surface area contributed by atoms with E-state index in [4.69, 9.17) is 14.5 Å². The number of methoxy groups -OCH3 is 2. The molecule has 1 fully saturated rings. The standard InChI is InChI=1S/C28H32FN3O5/c1-36-24-14-19(8-10-22(24)29)21(27(33)34)16-32-23-11-9-17-12-13-31(28(35)37-2)15-20(17)25(23)30-26(32)18-6-4-3-5-7-18/h8-11,14,18,21H,3-7,12-13,15-16H2,1-2H3,(H,33,34)/t21-/m1/s1. The first-order valence-corrected chi connectivity index (χ1v) is 12.8. The third-order valence-electron chi connectivity index (χ3n) is 7.80. The van der Waals surface area contributed by atoms with E-state index < -0.39 is 17.7 Å². The predicted octanol–water partition coefficient (Wildman–Crippen LogP) is 5.22. The van der Waals surface area contributed by atoms with Crippen LogP contribution >= 0.6 is 0 Å². The molecule has 1 aromatic heterocycles. The number of carboxylic acid groups (broad SMARTS) is 1. The van der Waals surface area contributed by atoms with E-state index in [0.29, 0.717) is 25.1 Å². The summed E-state index contributed by atoms with van der Waals surface area (Å²) in [4.78, 5) is 31.6. The lowest BCUT2D eigenvalue weighted by molar-refractivity contribution is -0.139. The van der Waals surface area contributed by atoms with Gasteiger partial charge in [-0.15, -0.1) is 0 Å². The molecule has 1 aliphatic carbocycles. The minimum atomic E-state index is -1.00. The van der Waals surface area contributed by atoms with E-state index in [1.165, 1.54) is 38.8 Å². The Bertz CT molecular complexity index is 1330. The second-order valence-corrected chi connectivity index (χ2v) is 9.91. The van der Waals surface area contributed by atoms with Crippen molar-refractivity contribution >= 4 is 23.1 Å². The molecule has 8 nitrogen and oxygen atoms in total. The SMILES string of the molecule is COC(=O)N1CCc2ccc3c(nc(C4CCCCC4)n3C[C@@H](C(=O)O)c3ccc(F)c(OC)c3)c2C1. The second kappa shape index (κ2) is 10.4. The molecule has 0 spiro atoms. The Balaban J connectivity index is 1.62. The molecule has 1 N–H and O–H groups in total. The zero-order chi connectivity index (χ0) is 26.1. The number of hydrogen-bond acceptors (Lipinski definition) is 5. The number of ether oxygens (including phenoxy) is 2. The number of rotatable bonds is 6. The van der Waals surface area contributed by atoms with Crippen LogP contribution < -0.4 is 4.74 Å². The van der Waals surface area contributed by atoms with Gasteiger partial charge in [0, 0.05) is 24.6 Å². The van der Waals surface area contributed by atoms with Gasteiger partial charge in [0.1, 0.15) is 5.82 Å². The molecule has 3 aromatic rings. The molecule has 1 atom stereocenters. The van der Waals surface area contributed by atoms with Gasteiger partial charge >= 0.3 is 12.1 Å². The number of hydrogen-bond donors (Lipinski definition) is 1. The quantitative estimate of drug-likeness (QED) is 0.489. The summed E-state index contributed by atoms with van der Waals surface area (Å²) >= 11 is 0. The van der Waals surface area contributed by atoms with Crippen molar-refractivity contribution in [3.05, 3.63) is 58.7 Å². The van der Waals surface area contributed by atoms with Gasteiger partial charge in [-0.2, -0.15) is 0 Å². The molecule has 2 heterocycles. The van der Waals surface area contributed by atoms with Crippen LogP contribution in [0, 0.1) is 5.82 Å². The third-order valence-corrected chi connectivity index (χ3v) is 7.80. The zero-order valence-electron chi connectivity index (χ0n) is 21.2. The van der Waals surface area contributed by atoms with Gasteiger partial charge in [-0.05, 0) is 48.6 Å². The smallest absolute Gasteiger partial charge is 0.409 e. The molecule has 9 heteroatoms. The number of benzene rings is 2. The highest BCUT2D eigenvalue weighted by atomic mass is 19.1. The molecule has 0 unspecified atom stereocenters. The first-order valence-electron chi connectivity index (χ1n) is 12.8. The van der Waals surface area contributed by atoms with E-state index in [1.807, 2.05) is 10.6 Å². The average Bonchev–Trinajstić information content (AvgIpc) is 3.30. The van der Waals surface area contributed by atoms with E-state index >= 15 is 0 Å². The number of aromatic nitrogens is 2. The molecular weight excluding hydrogens is 477 g/mol. The fraction of sp³-hybridized carbons (Fsp3) is 0.464. The maximum atomic E-state index is 14.1. The number of halogens is 1. The Hall–Kier alpha value is -3.62. The molecule has 1 saturated carbocycles. The number of carbonyl (C=O) groups is 2. The van der Waals surface area contributed by atoms with Crippen molar-refractivity contribution in [2.75, 3.05) is 20.8 Å². The van der Waals surface area contributed by atoms with Crippen LogP contribution in [-0.2, 0) is 29.0 Å². The Morgan fingerprint density at radius 1 is 1.16 bits per heavy atom. The van der Waals surface area contributed by atoms with Crippen LogP contribution in [-0.4, -0.2) is 52.4 Å². The van der Waals surface area contributed by atoms with Gasteiger partial charge in [0.15, 0.2) is 11.6 Å². The summed E-state index contributed by atoms with van der Waals surface area (Å²) < 4.78 is 26.2. The molecule has 1 amide bonds. The van der Waals surface area contributed by atoms with Crippen LogP contribution in [0.25, 0.3) is 11.0 Å². The van der Waals surface area contributed by atoms with Gasteiger partial charge < -0.3 is 24.0 Å². The summed E-state index contributed by atoms with van der Waals surface area (Å²) in [6.45, 7) is 1.14. The number of fused-ring (bicyclic) bond motifs is 3. The first-order chi connectivity index (χ1) is 17.9. The Kier molecular flexibility index (Phi) is 7.04. The van der Waals surface area contributed by atoms with Crippen LogP contribution in [0.5, 0.6) is 5.75 Å². The topological polar surface area (TPSA) is 93.9 Å². The maximum Gasteiger partial charge on any atom is 0.409 e. The van der Waals surface area contributed by atoms with E-state index in [-0.39, 0.29) is 24.3 Å². The van der Waals surface area contributed by atoms with E-state index in [1.54, 1.807) is 4.90 Å². The van der Waals surface area contributed by atoms with Crippen molar-refractivity contribution in [1.82, 2.24) is 14.5 Å². The molecular formula is C28H32FN3O5. The summed E-state index contributed by atoms with van der Waals surface area (Å²) in [7, 11) is 2.74. The van der Waals surface area contributed by atoms with Gasteiger partial charge in [0.25, 0.3) is 0 Å². The van der Waals surface area contributed by atoms with Gasteiger partial charge in [0.05, 0.1) is 37.7 Å². The molecule has 37 heavy (non-hydrogen) atoms. The molecule has 0 radical (unpaired) electrons. The number of carbonyl (C=O) groups excluding carboxylic acids is 1. The highest BCUT2D eigenvalue weighted by Gasteiger charge is 2.30. The minimum absolute atomic E-state index is 0.0173. The fourth-order valence-corrected chi connectivity index (χ4v) is 5.79. The Morgan fingerprint density at radius 2 is 1.95 bits per heavy atom.